The molecule has 2 amide bonds. The Balaban J connectivity index is 0.00000353. The molecular weight excluding hydrogens is 480 g/mol. The van der Waals surface area contributed by atoms with E-state index < -0.39 is 0 Å². The Labute approximate surface area is 225 Å². The molecular formula is C28H40N8O2. The number of amides is 2. The molecule has 0 atom stereocenters. The maximum Gasteiger partial charge on any atom is 0.252 e. The zero-order chi connectivity index (χ0) is 26.5. The molecule has 2 N–H and O–H groups in total. The van der Waals surface area contributed by atoms with Gasteiger partial charge >= 0.3 is 0 Å². The van der Waals surface area contributed by atoms with Gasteiger partial charge in [-0.15, -0.1) is 0 Å². The summed E-state index contributed by atoms with van der Waals surface area (Å²) in [5.74, 6) is 0.908. The van der Waals surface area contributed by atoms with Crippen molar-refractivity contribution in [2.75, 3.05) is 77.4 Å². The highest BCUT2D eigenvalue weighted by Crippen LogP contribution is 2.28. The van der Waals surface area contributed by atoms with Crippen molar-refractivity contribution in [1.82, 2.24) is 35.0 Å². The largest absolute Gasteiger partial charge is 0.355 e. The van der Waals surface area contributed by atoms with Crippen LogP contribution in [-0.2, 0) is 4.79 Å². The number of nitrogens with one attached hydrogen (secondary N) is 2. The fourth-order valence-corrected chi connectivity index (χ4v) is 5.23. The molecule has 0 spiro atoms. The van der Waals surface area contributed by atoms with Gasteiger partial charge in [0.05, 0.1) is 11.3 Å². The molecule has 0 unspecified atom stereocenters. The number of hydrogen-bond acceptors (Lipinski definition) is 7. The first-order valence-electron chi connectivity index (χ1n) is 13.6. The molecule has 2 fully saturated rings. The lowest BCUT2D eigenvalue weighted by atomic mass is 10.1. The number of hydrogen-bond donors (Lipinski definition) is 2. The van der Waals surface area contributed by atoms with Crippen LogP contribution in [0.2, 0.25) is 0 Å². The Bertz CT molecular complexity index is 1270. The lowest BCUT2D eigenvalue weighted by Crippen LogP contribution is -2.45. The molecule has 5 rings (SSSR count). The minimum absolute atomic E-state index is 0. The van der Waals surface area contributed by atoms with Crippen LogP contribution in [0.5, 0.6) is 0 Å². The van der Waals surface area contributed by atoms with Crippen molar-refractivity contribution in [3.8, 4) is 11.3 Å². The number of aromatic amines is 1. The normalized spacial score (nSPS) is 17.5. The van der Waals surface area contributed by atoms with Gasteiger partial charge in [-0.2, -0.15) is 0 Å². The first kappa shape index (κ1) is 26.1. The number of H-pyrrole nitrogens is 1. The third kappa shape index (κ3) is 6.14. The summed E-state index contributed by atoms with van der Waals surface area (Å²) < 4.78 is 0. The molecule has 0 aromatic carbocycles. The topological polar surface area (TPSA) is 101 Å². The van der Waals surface area contributed by atoms with Gasteiger partial charge in [-0.1, -0.05) is 6.07 Å². The number of likely N-dealkylation sites (N-methyl/N-ethyl adjacent to an activating group) is 1. The van der Waals surface area contributed by atoms with Gasteiger partial charge in [0, 0.05) is 90.6 Å². The van der Waals surface area contributed by atoms with Gasteiger partial charge in [-0.25, -0.2) is 9.97 Å². The number of nitrogens with zero attached hydrogens (tertiary/aromatic N) is 6. The van der Waals surface area contributed by atoms with Crippen LogP contribution >= 0.6 is 0 Å². The van der Waals surface area contributed by atoms with Crippen molar-refractivity contribution in [2.45, 2.75) is 19.8 Å². The van der Waals surface area contributed by atoms with Crippen LogP contribution in [0.4, 0.5) is 5.82 Å². The molecule has 0 aliphatic carbocycles. The van der Waals surface area contributed by atoms with Crippen molar-refractivity contribution in [1.29, 1.82) is 0 Å². The van der Waals surface area contributed by atoms with E-state index in [9.17, 15) is 9.59 Å². The summed E-state index contributed by atoms with van der Waals surface area (Å²) in [5, 5.41) is 3.93. The molecule has 204 valence electrons. The van der Waals surface area contributed by atoms with Gasteiger partial charge < -0.3 is 29.9 Å². The predicted molar refractivity (Wildman–Crippen MR) is 151 cm³/mol. The van der Waals surface area contributed by atoms with Crippen molar-refractivity contribution < 1.29 is 11.0 Å². The molecule has 10 nitrogen and oxygen atoms in total. The van der Waals surface area contributed by atoms with Crippen molar-refractivity contribution in [2.24, 2.45) is 0 Å². The van der Waals surface area contributed by atoms with E-state index in [2.05, 4.69) is 37.0 Å². The summed E-state index contributed by atoms with van der Waals surface area (Å²) >= 11 is 0. The van der Waals surface area contributed by atoms with E-state index in [0.29, 0.717) is 18.7 Å². The van der Waals surface area contributed by atoms with E-state index in [4.69, 9.17) is 4.98 Å². The Morgan fingerprint density at radius 1 is 1.08 bits per heavy atom. The number of pyridine rings is 2. The smallest absolute Gasteiger partial charge is 0.252 e. The highest BCUT2D eigenvalue weighted by molar-refractivity contribution is 6.00. The molecule has 0 radical (unpaired) electrons. The number of fused-ring (bicyclic) bond motifs is 1. The Morgan fingerprint density at radius 2 is 1.92 bits per heavy atom. The summed E-state index contributed by atoms with van der Waals surface area (Å²) in [5.41, 5.74) is 3.02. The lowest BCUT2D eigenvalue weighted by molar-refractivity contribution is -0.128. The molecule has 3 aromatic heterocycles. The highest BCUT2D eigenvalue weighted by atomic mass is 16.2. The average molecular weight is 521 g/mol. The number of carbonyl (C=O) groups excluding carboxylic acids is 2. The minimum Gasteiger partial charge on any atom is -0.355 e. The summed E-state index contributed by atoms with van der Waals surface area (Å²) in [6.45, 7) is 10.7. The number of piperazine rings is 1. The first-order valence-corrected chi connectivity index (χ1v) is 13.6. The van der Waals surface area contributed by atoms with Crippen LogP contribution in [0.3, 0.4) is 0 Å². The first-order chi connectivity index (χ1) is 18.5. The van der Waals surface area contributed by atoms with Crippen molar-refractivity contribution >= 4 is 28.7 Å². The summed E-state index contributed by atoms with van der Waals surface area (Å²) in [7, 11) is 2.16. The zero-order valence-corrected chi connectivity index (χ0v) is 22.4. The average Bonchev–Trinajstić information content (AvgIpc) is 3.19. The zero-order valence-electron chi connectivity index (χ0n) is 22.4. The Hall–Kier alpha value is -3.50. The maximum absolute atomic E-state index is 12.9. The number of rotatable bonds is 7. The SMILES string of the molecule is CC(=O)N1CCCN(c2cccc(-c3c[nH]c4ncc(C(=O)NCCCN5CCN(C)CC5)cc34)n2)CC1.[HH]. The molecule has 3 aromatic rings. The minimum atomic E-state index is -0.105. The Kier molecular flexibility index (Phi) is 8.19. The molecule has 2 aliphatic heterocycles. The maximum atomic E-state index is 12.9. The van der Waals surface area contributed by atoms with Crippen LogP contribution in [0.1, 0.15) is 31.6 Å². The molecule has 0 bridgehead atoms. The van der Waals surface area contributed by atoms with Crippen LogP contribution < -0.4 is 10.2 Å². The molecule has 5 heterocycles. The fraction of sp³-hybridized carbons (Fsp3) is 0.500. The van der Waals surface area contributed by atoms with E-state index in [1.807, 2.05) is 35.4 Å². The highest BCUT2D eigenvalue weighted by Gasteiger charge is 2.19. The summed E-state index contributed by atoms with van der Waals surface area (Å²) in [4.78, 5) is 46.3. The predicted octanol–water partition coefficient (Wildman–Crippen LogP) is 2.30. The number of aromatic nitrogens is 3. The van der Waals surface area contributed by atoms with Gasteiger partial charge in [0.1, 0.15) is 11.5 Å². The van der Waals surface area contributed by atoms with E-state index >= 15 is 0 Å². The van der Waals surface area contributed by atoms with Crippen LogP contribution in [0.25, 0.3) is 22.3 Å². The molecule has 2 saturated heterocycles. The van der Waals surface area contributed by atoms with Crippen LogP contribution in [0, 0.1) is 0 Å². The lowest BCUT2D eigenvalue weighted by Gasteiger charge is -2.32. The number of anilines is 1. The quantitative estimate of drug-likeness (QED) is 0.461. The van der Waals surface area contributed by atoms with Crippen molar-refractivity contribution in [3.05, 3.63) is 42.2 Å². The van der Waals surface area contributed by atoms with Gasteiger partial charge in [0.2, 0.25) is 5.91 Å². The van der Waals surface area contributed by atoms with Crippen molar-refractivity contribution in [3.63, 3.8) is 0 Å². The summed E-state index contributed by atoms with van der Waals surface area (Å²) in [6, 6.07) is 7.90. The van der Waals surface area contributed by atoms with Gasteiger partial charge in [0.25, 0.3) is 5.91 Å². The summed E-state index contributed by atoms with van der Waals surface area (Å²) in [6.07, 6.45) is 5.37. The second kappa shape index (κ2) is 11.9. The molecule has 2 aliphatic rings. The molecule has 38 heavy (non-hydrogen) atoms. The van der Waals surface area contributed by atoms with Gasteiger partial charge in [0.15, 0.2) is 0 Å². The third-order valence-corrected chi connectivity index (χ3v) is 7.60. The van der Waals surface area contributed by atoms with E-state index in [0.717, 1.165) is 93.3 Å². The van der Waals surface area contributed by atoms with E-state index in [1.54, 1.807) is 13.1 Å². The second-order valence-electron chi connectivity index (χ2n) is 10.3. The standard InChI is InChI=1S/C28H38N8O2.H2/c1-21(37)35-10-5-11-36(17-16-35)26-7-3-6-25(32-26)24-20-31-27-23(24)18-22(19-30-27)28(38)29-8-4-9-34-14-12-33(2)13-15-34;/h3,6-7,18-20H,4-5,8-17H2,1-2H3,(H,29,38)(H,30,31);1H. The third-order valence-electron chi connectivity index (χ3n) is 7.60. The number of carbonyl (C=O) groups is 2. The molecule has 0 saturated carbocycles. The fourth-order valence-electron chi connectivity index (χ4n) is 5.23. The second-order valence-corrected chi connectivity index (χ2v) is 10.3. The van der Waals surface area contributed by atoms with Gasteiger partial charge in [-0.05, 0) is 44.6 Å². The van der Waals surface area contributed by atoms with Gasteiger partial charge in [-0.3, -0.25) is 9.59 Å². The molecule has 10 heteroatoms. The monoisotopic (exact) mass is 520 g/mol. The van der Waals surface area contributed by atoms with Crippen LogP contribution in [0.15, 0.2) is 36.7 Å². The van der Waals surface area contributed by atoms with E-state index in [1.165, 1.54) is 0 Å². The van der Waals surface area contributed by atoms with Crippen LogP contribution in [-0.4, -0.2) is 114 Å². The van der Waals surface area contributed by atoms with E-state index in [-0.39, 0.29) is 13.2 Å². The Morgan fingerprint density at radius 3 is 2.74 bits per heavy atom.